The molecule has 0 atom stereocenters. The summed E-state index contributed by atoms with van der Waals surface area (Å²) < 4.78 is 27.9. The van der Waals surface area contributed by atoms with Gasteiger partial charge in [0, 0.05) is 12.5 Å². The number of fused-ring (bicyclic) bond motifs is 1. The molecule has 7 heteroatoms. The van der Waals surface area contributed by atoms with Crippen LogP contribution in [0.25, 0.3) is 0 Å². The number of nitrogens with zero attached hydrogens (tertiary/aromatic N) is 1. The highest BCUT2D eigenvalue weighted by Gasteiger charge is 2.32. The van der Waals surface area contributed by atoms with Gasteiger partial charge in [0.25, 0.3) is 15.9 Å². The predicted octanol–water partition coefficient (Wildman–Crippen LogP) is 3.83. The molecule has 2 aliphatic rings. The van der Waals surface area contributed by atoms with E-state index in [2.05, 4.69) is 15.0 Å². The number of hydrogen-bond donors (Lipinski definition) is 2. The lowest BCUT2D eigenvalue weighted by Gasteiger charge is -2.21. The van der Waals surface area contributed by atoms with Gasteiger partial charge in [0.15, 0.2) is 0 Å². The van der Waals surface area contributed by atoms with Crippen molar-refractivity contribution in [3.63, 3.8) is 0 Å². The fourth-order valence-electron chi connectivity index (χ4n) is 4.01. The van der Waals surface area contributed by atoms with Crippen LogP contribution in [0.2, 0.25) is 0 Å². The molecule has 0 spiro atoms. The second kappa shape index (κ2) is 8.24. The average Bonchev–Trinajstić information content (AvgIpc) is 3.65. The standard InChI is InChI=1S/C25H23N3O3S/c29-25(26-16-21(18-7-3-1-4-8-18)19-9-5-2-6-10-19)24-27-22-14-13-20(17-11-12-17)15-23(22)32(30,31)28-24/h1-10,13-15,17,21H,11-12,16H2,(H,26,29)(H,27,28). The number of rotatable bonds is 6. The first-order valence-electron chi connectivity index (χ1n) is 10.6. The molecule has 1 amide bonds. The molecule has 2 N–H and O–H groups in total. The summed E-state index contributed by atoms with van der Waals surface area (Å²) in [6, 6.07) is 25.0. The van der Waals surface area contributed by atoms with Gasteiger partial charge in [-0.15, -0.1) is 0 Å². The Bertz CT molecular complexity index is 1250. The van der Waals surface area contributed by atoms with Crippen LogP contribution in [0, 0.1) is 0 Å². The van der Waals surface area contributed by atoms with Gasteiger partial charge >= 0.3 is 0 Å². The highest BCUT2D eigenvalue weighted by atomic mass is 32.2. The van der Waals surface area contributed by atoms with Crippen LogP contribution in [-0.4, -0.2) is 26.7 Å². The van der Waals surface area contributed by atoms with Gasteiger partial charge < -0.3 is 5.32 Å². The lowest BCUT2D eigenvalue weighted by molar-refractivity contribution is -0.115. The molecule has 0 bridgehead atoms. The van der Waals surface area contributed by atoms with Gasteiger partial charge in [-0.1, -0.05) is 66.7 Å². The third-order valence-electron chi connectivity index (χ3n) is 5.87. The van der Waals surface area contributed by atoms with Crippen LogP contribution in [0.3, 0.4) is 0 Å². The SMILES string of the molecule is O=C(NCC(c1ccccc1)c1ccccc1)C1=Nc2ccc(C3CC3)cc2S(=O)(=O)N1. The number of aliphatic imine (C=N–C) groups is 1. The predicted molar refractivity (Wildman–Crippen MR) is 124 cm³/mol. The van der Waals surface area contributed by atoms with Crippen molar-refractivity contribution in [3.8, 4) is 0 Å². The molecule has 3 aromatic rings. The summed E-state index contributed by atoms with van der Waals surface area (Å²) in [7, 11) is -3.85. The number of carbonyl (C=O) groups excluding carboxylic acids is 1. The van der Waals surface area contributed by atoms with Crippen molar-refractivity contribution in [1.82, 2.24) is 10.0 Å². The lowest BCUT2D eigenvalue weighted by Crippen LogP contribution is -2.45. The maximum atomic E-state index is 12.9. The fraction of sp³-hybridized carbons (Fsp3) is 0.200. The van der Waals surface area contributed by atoms with E-state index in [1.54, 1.807) is 12.1 Å². The summed E-state index contributed by atoms with van der Waals surface area (Å²) in [5, 5.41) is 2.86. The normalized spacial score (nSPS) is 16.6. The van der Waals surface area contributed by atoms with Crippen molar-refractivity contribution in [2.75, 3.05) is 6.54 Å². The maximum Gasteiger partial charge on any atom is 0.287 e. The first kappa shape index (κ1) is 20.5. The van der Waals surface area contributed by atoms with E-state index < -0.39 is 15.9 Å². The first-order valence-corrected chi connectivity index (χ1v) is 12.1. The smallest absolute Gasteiger partial charge is 0.287 e. The summed E-state index contributed by atoms with van der Waals surface area (Å²) in [6.45, 7) is 0.307. The Hall–Kier alpha value is -3.45. The van der Waals surface area contributed by atoms with Gasteiger partial charge in [0.05, 0.1) is 5.69 Å². The van der Waals surface area contributed by atoms with E-state index in [9.17, 15) is 13.2 Å². The maximum absolute atomic E-state index is 12.9. The van der Waals surface area contributed by atoms with E-state index in [1.165, 1.54) is 0 Å². The van der Waals surface area contributed by atoms with E-state index in [-0.39, 0.29) is 16.6 Å². The molecule has 0 radical (unpaired) electrons. The van der Waals surface area contributed by atoms with Crippen LogP contribution in [0.1, 0.15) is 41.4 Å². The van der Waals surface area contributed by atoms with Crippen LogP contribution in [0.15, 0.2) is 88.8 Å². The molecule has 1 fully saturated rings. The van der Waals surface area contributed by atoms with Crippen LogP contribution in [0.4, 0.5) is 5.69 Å². The molecule has 1 aliphatic carbocycles. The molecule has 0 aromatic heterocycles. The topological polar surface area (TPSA) is 87.6 Å². The second-order valence-corrected chi connectivity index (χ2v) is 9.80. The van der Waals surface area contributed by atoms with E-state index >= 15 is 0 Å². The fourth-order valence-corrected chi connectivity index (χ4v) is 5.19. The molecular weight excluding hydrogens is 422 g/mol. The molecule has 3 aromatic carbocycles. The third-order valence-corrected chi connectivity index (χ3v) is 7.24. The Balaban J connectivity index is 1.38. The number of amidine groups is 1. The largest absolute Gasteiger partial charge is 0.348 e. The highest BCUT2D eigenvalue weighted by Crippen LogP contribution is 2.42. The van der Waals surface area contributed by atoms with Crippen molar-refractivity contribution in [3.05, 3.63) is 95.6 Å². The van der Waals surface area contributed by atoms with E-state index in [0.717, 1.165) is 29.5 Å². The van der Waals surface area contributed by atoms with Crippen LogP contribution in [-0.2, 0) is 14.8 Å². The van der Waals surface area contributed by atoms with Gasteiger partial charge in [-0.3, -0.25) is 9.52 Å². The number of benzene rings is 3. The molecule has 0 unspecified atom stereocenters. The summed E-state index contributed by atoms with van der Waals surface area (Å²) in [5.41, 5.74) is 3.41. The van der Waals surface area contributed by atoms with E-state index in [4.69, 9.17) is 0 Å². The van der Waals surface area contributed by atoms with E-state index in [0.29, 0.717) is 18.2 Å². The Morgan fingerprint density at radius 1 is 0.969 bits per heavy atom. The molecule has 6 nitrogen and oxygen atoms in total. The van der Waals surface area contributed by atoms with Gasteiger partial charge in [-0.2, -0.15) is 0 Å². The molecule has 32 heavy (non-hydrogen) atoms. The highest BCUT2D eigenvalue weighted by molar-refractivity contribution is 7.90. The lowest BCUT2D eigenvalue weighted by atomic mass is 9.91. The minimum absolute atomic E-state index is 0.0736. The minimum atomic E-state index is -3.85. The van der Waals surface area contributed by atoms with Crippen molar-refractivity contribution in [1.29, 1.82) is 0 Å². The molecule has 1 aliphatic heterocycles. The Morgan fingerprint density at radius 3 is 2.19 bits per heavy atom. The van der Waals surface area contributed by atoms with Gasteiger partial charge in [0.2, 0.25) is 5.84 Å². The molecule has 1 heterocycles. The number of carbonyl (C=O) groups is 1. The van der Waals surface area contributed by atoms with Crippen molar-refractivity contribution in [2.24, 2.45) is 4.99 Å². The third kappa shape index (κ3) is 4.16. The van der Waals surface area contributed by atoms with Crippen LogP contribution < -0.4 is 10.0 Å². The van der Waals surface area contributed by atoms with Crippen LogP contribution in [0.5, 0.6) is 0 Å². The Morgan fingerprint density at radius 2 is 1.59 bits per heavy atom. The minimum Gasteiger partial charge on any atom is -0.348 e. The Labute approximate surface area is 187 Å². The summed E-state index contributed by atoms with van der Waals surface area (Å²) >= 11 is 0. The van der Waals surface area contributed by atoms with Crippen molar-refractivity contribution >= 4 is 27.5 Å². The average molecular weight is 446 g/mol. The van der Waals surface area contributed by atoms with Crippen molar-refractivity contribution in [2.45, 2.75) is 29.6 Å². The summed E-state index contributed by atoms with van der Waals surface area (Å²) in [6.07, 6.45) is 2.15. The summed E-state index contributed by atoms with van der Waals surface area (Å²) in [4.78, 5) is 17.3. The van der Waals surface area contributed by atoms with Gasteiger partial charge in [-0.05, 0) is 47.6 Å². The number of sulfonamides is 1. The zero-order valence-electron chi connectivity index (χ0n) is 17.4. The molecule has 162 valence electrons. The Kier molecular flexibility index (Phi) is 5.27. The van der Waals surface area contributed by atoms with Crippen molar-refractivity contribution < 1.29 is 13.2 Å². The molecular formula is C25H23N3O3S. The number of hydrogen-bond acceptors (Lipinski definition) is 4. The quantitative estimate of drug-likeness (QED) is 0.604. The number of amides is 1. The second-order valence-electron chi connectivity index (χ2n) is 8.15. The monoisotopic (exact) mass is 445 g/mol. The summed E-state index contributed by atoms with van der Waals surface area (Å²) in [5.74, 6) is -0.411. The van der Waals surface area contributed by atoms with Crippen LogP contribution >= 0.6 is 0 Å². The molecule has 5 rings (SSSR count). The van der Waals surface area contributed by atoms with E-state index in [1.807, 2.05) is 66.7 Å². The van der Waals surface area contributed by atoms with Gasteiger partial charge in [-0.25, -0.2) is 13.4 Å². The zero-order chi connectivity index (χ0) is 22.1. The van der Waals surface area contributed by atoms with Gasteiger partial charge in [0.1, 0.15) is 4.90 Å². The number of nitrogens with one attached hydrogen (secondary N) is 2. The first-order chi connectivity index (χ1) is 15.5. The zero-order valence-corrected chi connectivity index (χ0v) is 18.2. The molecule has 0 saturated heterocycles. The molecule has 1 saturated carbocycles.